The van der Waals surface area contributed by atoms with E-state index in [0.29, 0.717) is 6.61 Å². The largest absolute Gasteiger partial charge is 0.371 e. The van der Waals surface area contributed by atoms with Gasteiger partial charge in [-0.05, 0) is 24.8 Å². The molecule has 0 aromatic rings. The van der Waals surface area contributed by atoms with Gasteiger partial charge in [-0.1, -0.05) is 0 Å². The van der Waals surface area contributed by atoms with Crippen LogP contribution in [0.25, 0.3) is 0 Å². The Balaban J connectivity index is 1.98. The van der Waals surface area contributed by atoms with E-state index in [-0.39, 0.29) is 0 Å². The summed E-state index contributed by atoms with van der Waals surface area (Å²) in [6.07, 6.45) is 4.30. The molecule has 1 amide bonds. The molecule has 1 heterocycles. The van der Waals surface area contributed by atoms with Crippen LogP contribution in [0.15, 0.2) is 11.3 Å². The van der Waals surface area contributed by atoms with Crippen molar-refractivity contribution in [3.8, 4) is 0 Å². The van der Waals surface area contributed by atoms with Gasteiger partial charge in [-0.2, -0.15) is 0 Å². The first kappa shape index (κ1) is 11.4. The first-order chi connectivity index (χ1) is 7.85. The second-order valence-electron chi connectivity index (χ2n) is 4.34. The van der Waals surface area contributed by atoms with Crippen molar-refractivity contribution in [1.29, 1.82) is 0 Å². The Morgan fingerprint density at radius 1 is 1.31 bits per heavy atom. The number of hydrogen-bond donors (Lipinski definition) is 1. The van der Waals surface area contributed by atoms with Crippen LogP contribution in [0.1, 0.15) is 19.3 Å². The van der Waals surface area contributed by atoms with Crippen molar-refractivity contribution in [1.82, 2.24) is 9.80 Å². The van der Waals surface area contributed by atoms with Gasteiger partial charge in [0.15, 0.2) is 0 Å². The van der Waals surface area contributed by atoms with Crippen molar-refractivity contribution in [2.45, 2.75) is 19.3 Å². The fourth-order valence-corrected chi connectivity index (χ4v) is 2.16. The van der Waals surface area contributed by atoms with Gasteiger partial charge >= 0.3 is 0 Å². The van der Waals surface area contributed by atoms with Gasteiger partial charge in [-0.25, -0.2) is 5.90 Å². The molecular formula is C11H19N3O2. The molecule has 0 atom stereocenters. The molecule has 1 saturated carbocycles. The summed E-state index contributed by atoms with van der Waals surface area (Å²) in [5, 5.41) is 0. The van der Waals surface area contributed by atoms with Gasteiger partial charge < -0.3 is 9.80 Å². The zero-order valence-corrected chi connectivity index (χ0v) is 9.52. The second-order valence-corrected chi connectivity index (χ2v) is 4.34. The number of amides is 1. The number of nitrogens with two attached hydrogens (primary N) is 1. The lowest BCUT2D eigenvalue weighted by Gasteiger charge is -2.25. The fraction of sp³-hybridized carbons (Fsp3) is 0.727. The number of nitrogens with zero attached hydrogens (tertiary/aromatic N) is 2. The summed E-state index contributed by atoms with van der Waals surface area (Å²) in [6, 6.07) is 0. The van der Waals surface area contributed by atoms with E-state index in [1.807, 2.05) is 4.90 Å². The Bertz CT molecular complexity index is 285. The highest BCUT2D eigenvalue weighted by molar-refractivity contribution is 5.47. The molecule has 0 aromatic carbocycles. The predicted octanol–water partition coefficient (Wildman–Crippen LogP) is 0.0887. The average molecular weight is 225 g/mol. The second kappa shape index (κ2) is 5.32. The highest BCUT2D eigenvalue weighted by atomic mass is 16.6. The summed E-state index contributed by atoms with van der Waals surface area (Å²) in [7, 11) is 0. The molecule has 16 heavy (non-hydrogen) atoms. The Morgan fingerprint density at radius 2 is 2.12 bits per heavy atom. The minimum Gasteiger partial charge on any atom is -0.371 e. The normalized spacial score (nSPS) is 20.7. The van der Waals surface area contributed by atoms with Gasteiger partial charge in [0.2, 0.25) is 6.41 Å². The van der Waals surface area contributed by atoms with Gasteiger partial charge in [0, 0.05) is 31.9 Å². The highest BCUT2D eigenvalue weighted by Gasteiger charge is 2.23. The smallest absolute Gasteiger partial charge is 0.209 e. The van der Waals surface area contributed by atoms with Crippen LogP contribution in [0.5, 0.6) is 0 Å². The van der Waals surface area contributed by atoms with E-state index in [9.17, 15) is 4.79 Å². The summed E-state index contributed by atoms with van der Waals surface area (Å²) in [4.78, 5) is 19.6. The van der Waals surface area contributed by atoms with E-state index in [0.717, 1.165) is 39.0 Å². The molecule has 5 nitrogen and oxygen atoms in total. The lowest BCUT2D eigenvalue weighted by Crippen LogP contribution is -2.31. The summed E-state index contributed by atoms with van der Waals surface area (Å²) < 4.78 is 0. The molecule has 0 aromatic heterocycles. The number of carbonyl (C=O) groups is 1. The number of allylic oxidation sites excluding steroid dienone is 1. The SMILES string of the molecule is NOCC(=C1CC1)N1CCCN(C=O)CC1. The number of carbonyl (C=O) groups excluding carboxylic acids is 1. The van der Waals surface area contributed by atoms with Gasteiger partial charge in [0.05, 0.1) is 0 Å². The summed E-state index contributed by atoms with van der Waals surface area (Å²) in [5.74, 6) is 5.17. The molecule has 2 N–H and O–H groups in total. The van der Waals surface area contributed by atoms with Crippen LogP contribution in [0.4, 0.5) is 0 Å². The summed E-state index contributed by atoms with van der Waals surface area (Å²) in [5.41, 5.74) is 2.71. The fourth-order valence-electron chi connectivity index (χ4n) is 2.16. The van der Waals surface area contributed by atoms with Crippen LogP contribution in [-0.4, -0.2) is 49.0 Å². The standard InChI is InChI=1S/C11H19N3O2/c12-16-8-11(10-2-3-10)14-5-1-4-13(9-15)6-7-14/h9H,1-8,12H2. The molecule has 2 fully saturated rings. The van der Waals surface area contributed by atoms with Gasteiger partial charge in [0.1, 0.15) is 6.61 Å². The molecule has 0 unspecified atom stereocenters. The Hall–Kier alpha value is -1.07. The third-order valence-electron chi connectivity index (χ3n) is 3.19. The van der Waals surface area contributed by atoms with Gasteiger partial charge in [0.25, 0.3) is 0 Å². The molecule has 0 bridgehead atoms. The zero-order valence-electron chi connectivity index (χ0n) is 9.52. The van der Waals surface area contributed by atoms with E-state index in [2.05, 4.69) is 4.90 Å². The third kappa shape index (κ3) is 2.74. The number of hydrogen-bond acceptors (Lipinski definition) is 4. The molecule has 0 spiro atoms. The van der Waals surface area contributed by atoms with Crippen LogP contribution < -0.4 is 5.90 Å². The maximum atomic E-state index is 10.7. The van der Waals surface area contributed by atoms with Gasteiger partial charge in [-0.15, -0.1) is 0 Å². The molecular weight excluding hydrogens is 206 g/mol. The molecule has 1 aliphatic carbocycles. The van der Waals surface area contributed by atoms with Crippen molar-refractivity contribution in [3.63, 3.8) is 0 Å². The molecule has 5 heteroatoms. The van der Waals surface area contributed by atoms with E-state index in [1.165, 1.54) is 24.1 Å². The van der Waals surface area contributed by atoms with Crippen LogP contribution in [0.3, 0.4) is 0 Å². The van der Waals surface area contributed by atoms with E-state index in [1.54, 1.807) is 0 Å². The van der Waals surface area contributed by atoms with Crippen molar-refractivity contribution in [3.05, 3.63) is 11.3 Å². The summed E-state index contributed by atoms with van der Waals surface area (Å²) >= 11 is 0. The van der Waals surface area contributed by atoms with Crippen LogP contribution in [-0.2, 0) is 9.63 Å². The Morgan fingerprint density at radius 3 is 2.75 bits per heavy atom. The van der Waals surface area contributed by atoms with Crippen molar-refractivity contribution >= 4 is 6.41 Å². The molecule has 1 aliphatic heterocycles. The first-order valence-electron chi connectivity index (χ1n) is 5.82. The quantitative estimate of drug-likeness (QED) is 0.544. The minimum atomic E-state index is 0.496. The Kier molecular flexibility index (Phi) is 3.79. The highest BCUT2D eigenvalue weighted by Crippen LogP contribution is 2.33. The van der Waals surface area contributed by atoms with Crippen molar-refractivity contribution < 1.29 is 9.63 Å². The maximum absolute atomic E-state index is 10.7. The van der Waals surface area contributed by atoms with Crippen LogP contribution in [0.2, 0.25) is 0 Å². The average Bonchev–Trinajstić information content (AvgIpc) is 3.12. The third-order valence-corrected chi connectivity index (χ3v) is 3.19. The number of rotatable bonds is 4. The van der Waals surface area contributed by atoms with E-state index >= 15 is 0 Å². The van der Waals surface area contributed by atoms with Gasteiger partial charge in [-0.3, -0.25) is 9.63 Å². The van der Waals surface area contributed by atoms with Crippen molar-refractivity contribution in [2.24, 2.45) is 5.90 Å². The van der Waals surface area contributed by atoms with Crippen molar-refractivity contribution in [2.75, 3.05) is 32.8 Å². The Labute approximate surface area is 95.8 Å². The maximum Gasteiger partial charge on any atom is 0.209 e. The monoisotopic (exact) mass is 225 g/mol. The predicted molar refractivity (Wildman–Crippen MR) is 60.2 cm³/mol. The molecule has 2 rings (SSSR count). The lowest BCUT2D eigenvalue weighted by atomic mass is 10.3. The van der Waals surface area contributed by atoms with Crippen LogP contribution in [0, 0.1) is 0 Å². The molecule has 0 radical (unpaired) electrons. The lowest BCUT2D eigenvalue weighted by molar-refractivity contribution is -0.118. The van der Waals surface area contributed by atoms with E-state index in [4.69, 9.17) is 10.7 Å². The first-order valence-corrected chi connectivity index (χ1v) is 5.82. The molecule has 1 saturated heterocycles. The topological polar surface area (TPSA) is 58.8 Å². The molecule has 2 aliphatic rings. The minimum absolute atomic E-state index is 0.496. The van der Waals surface area contributed by atoms with Crippen LogP contribution >= 0.6 is 0 Å². The van der Waals surface area contributed by atoms with E-state index < -0.39 is 0 Å². The molecule has 90 valence electrons. The zero-order chi connectivity index (χ0) is 11.4. The summed E-state index contributed by atoms with van der Waals surface area (Å²) in [6.45, 7) is 4.03.